The molecule has 0 bridgehead atoms. The Morgan fingerprint density at radius 2 is 2.08 bits per heavy atom. The molecule has 0 N–H and O–H groups in total. The van der Waals surface area contributed by atoms with Crippen LogP contribution in [-0.2, 0) is 0 Å². The van der Waals surface area contributed by atoms with E-state index in [0.29, 0.717) is 5.92 Å². The third kappa shape index (κ3) is 1.77. The molecule has 1 atom stereocenters. The summed E-state index contributed by atoms with van der Waals surface area (Å²) in [6, 6.07) is 0. The second-order valence-corrected chi connectivity index (χ2v) is 3.88. The fourth-order valence-corrected chi connectivity index (χ4v) is 2.01. The number of hydrogen-bond donors (Lipinski definition) is 0. The van der Waals surface area contributed by atoms with Crippen molar-refractivity contribution < 1.29 is 0 Å². The molecule has 1 fully saturated rings. The normalized spacial score (nSPS) is 27.8. The van der Waals surface area contributed by atoms with Gasteiger partial charge in [-0.15, -0.1) is 0 Å². The van der Waals surface area contributed by atoms with E-state index in [-0.39, 0.29) is 0 Å². The van der Waals surface area contributed by atoms with Gasteiger partial charge in [0.15, 0.2) is 0 Å². The lowest BCUT2D eigenvalue weighted by Crippen LogP contribution is -2.20. The Bertz CT molecular complexity index is 219. The Labute approximate surface area is 75.6 Å². The summed E-state index contributed by atoms with van der Waals surface area (Å²) < 4.78 is 0. The molecule has 0 aromatic carbocycles. The topological polar surface area (TPSA) is 12.4 Å². The van der Waals surface area contributed by atoms with Crippen LogP contribution in [0.4, 0.5) is 0 Å². The predicted octanol–water partition coefficient (Wildman–Crippen LogP) is 3.21. The van der Waals surface area contributed by atoms with Gasteiger partial charge in [0.25, 0.3) is 0 Å². The van der Waals surface area contributed by atoms with Crippen molar-refractivity contribution in [3.8, 4) is 0 Å². The van der Waals surface area contributed by atoms with Crippen molar-refractivity contribution in [1.82, 2.24) is 0 Å². The molecule has 0 aromatic heterocycles. The third-order valence-electron chi connectivity index (χ3n) is 2.68. The Morgan fingerprint density at radius 1 is 1.42 bits per heavy atom. The molecule has 68 valence electrons. The summed E-state index contributed by atoms with van der Waals surface area (Å²) in [5, 5.41) is 0. The van der Waals surface area contributed by atoms with Gasteiger partial charge < -0.3 is 0 Å². The number of aliphatic imine (C=N–C) groups is 1. The van der Waals surface area contributed by atoms with Crippen LogP contribution in [0.2, 0.25) is 0 Å². The molecule has 1 aliphatic rings. The standard InChI is InChI=1S/C11H19N/c1-8(2)10-7-5-6-9(3)11(10)12-4/h9H,5-7H2,1-4H3. The zero-order chi connectivity index (χ0) is 9.14. The van der Waals surface area contributed by atoms with Gasteiger partial charge in [0.1, 0.15) is 0 Å². The van der Waals surface area contributed by atoms with Crippen LogP contribution in [0, 0.1) is 5.92 Å². The first-order valence-electron chi connectivity index (χ1n) is 4.80. The summed E-state index contributed by atoms with van der Waals surface area (Å²) in [5.41, 5.74) is 4.31. The molecular weight excluding hydrogens is 146 g/mol. The van der Waals surface area contributed by atoms with Gasteiger partial charge in [-0.3, -0.25) is 4.99 Å². The SMILES string of the molecule is CN=C1C(=C(C)C)CCCC1C. The lowest BCUT2D eigenvalue weighted by atomic mass is 9.83. The fraction of sp³-hybridized carbons (Fsp3) is 0.727. The van der Waals surface area contributed by atoms with E-state index in [1.165, 1.54) is 36.1 Å². The van der Waals surface area contributed by atoms with Crippen LogP contribution in [-0.4, -0.2) is 12.8 Å². The molecule has 1 unspecified atom stereocenters. The molecule has 12 heavy (non-hydrogen) atoms. The molecule has 1 heteroatoms. The quantitative estimate of drug-likeness (QED) is 0.522. The van der Waals surface area contributed by atoms with Crippen molar-refractivity contribution in [1.29, 1.82) is 0 Å². The number of allylic oxidation sites excluding steroid dienone is 2. The average Bonchev–Trinajstić information content (AvgIpc) is 2.03. The lowest BCUT2D eigenvalue weighted by molar-refractivity contribution is 0.601. The minimum Gasteiger partial charge on any atom is -0.293 e. The van der Waals surface area contributed by atoms with Crippen molar-refractivity contribution in [2.75, 3.05) is 7.05 Å². The first-order chi connectivity index (χ1) is 5.66. The van der Waals surface area contributed by atoms with Gasteiger partial charge in [0, 0.05) is 12.8 Å². The van der Waals surface area contributed by atoms with Crippen molar-refractivity contribution in [2.24, 2.45) is 10.9 Å². The maximum atomic E-state index is 4.39. The van der Waals surface area contributed by atoms with E-state index in [2.05, 4.69) is 25.8 Å². The molecule has 1 aliphatic carbocycles. The second kappa shape index (κ2) is 3.88. The van der Waals surface area contributed by atoms with Gasteiger partial charge in [0.2, 0.25) is 0 Å². The van der Waals surface area contributed by atoms with Gasteiger partial charge in [0.05, 0.1) is 0 Å². The Balaban J connectivity index is 2.95. The molecule has 0 heterocycles. The first kappa shape index (κ1) is 9.50. The summed E-state index contributed by atoms with van der Waals surface area (Å²) >= 11 is 0. The van der Waals surface area contributed by atoms with Gasteiger partial charge in [-0.2, -0.15) is 0 Å². The summed E-state index contributed by atoms with van der Waals surface area (Å²) in [5.74, 6) is 0.675. The monoisotopic (exact) mass is 165 g/mol. The van der Waals surface area contributed by atoms with Crippen molar-refractivity contribution >= 4 is 5.71 Å². The molecule has 0 radical (unpaired) electrons. The Morgan fingerprint density at radius 3 is 2.50 bits per heavy atom. The largest absolute Gasteiger partial charge is 0.293 e. The van der Waals surface area contributed by atoms with Gasteiger partial charge in [-0.1, -0.05) is 12.5 Å². The van der Waals surface area contributed by atoms with Crippen molar-refractivity contribution in [3.05, 3.63) is 11.1 Å². The fourth-order valence-electron chi connectivity index (χ4n) is 2.01. The van der Waals surface area contributed by atoms with Gasteiger partial charge in [-0.25, -0.2) is 0 Å². The molecular formula is C11H19N. The maximum absolute atomic E-state index is 4.39. The average molecular weight is 165 g/mol. The first-order valence-corrected chi connectivity index (χ1v) is 4.80. The van der Waals surface area contributed by atoms with Crippen LogP contribution in [0.25, 0.3) is 0 Å². The number of nitrogens with zero attached hydrogens (tertiary/aromatic N) is 1. The Kier molecular flexibility index (Phi) is 3.07. The molecule has 0 amide bonds. The van der Waals surface area contributed by atoms with Crippen molar-refractivity contribution in [3.63, 3.8) is 0 Å². The molecule has 1 rings (SSSR count). The second-order valence-electron chi connectivity index (χ2n) is 3.88. The smallest absolute Gasteiger partial charge is 0.0404 e. The van der Waals surface area contributed by atoms with Crippen molar-refractivity contribution in [2.45, 2.75) is 40.0 Å². The zero-order valence-corrected chi connectivity index (χ0v) is 8.65. The molecule has 0 aliphatic heterocycles. The molecule has 0 spiro atoms. The number of hydrogen-bond acceptors (Lipinski definition) is 1. The highest BCUT2D eigenvalue weighted by Gasteiger charge is 2.20. The van der Waals surface area contributed by atoms with E-state index in [9.17, 15) is 0 Å². The molecule has 1 nitrogen and oxygen atoms in total. The molecule has 1 saturated carbocycles. The molecule has 0 saturated heterocycles. The summed E-state index contributed by atoms with van der Waals surface area (Å²) in [6.07, 6.45) is 3.88. The summed E-state index contributed by atoms with van der Waals surface area (Å²) in [4.78, 5) is 4.39. The highest BCUT2D eigenvalue weighted by molar-refractivity contribution is 6.02. The van der Waals surface area contributed by atoms with E-state index < -0.39 is 0 Å². The van der Waals surface area contributed by atoms with Gasteiger partial charge in [-0.05, 0) is 44.6 Å². The van der Waals surface area contributed by atoms with E-state index in [4.69, 9.17) is 0 Å². The highest BCUT2D eigenvalue weighted by atomic mass is 14.7. The minimum absolute atomic E-state index is 0.675. The van der Waals surface area contributed by atoms with Crippen LogP contribution >= 0.6 is 0 Å². The van der Waals surface area contributed by atoms with Gasteiger partial charge >= 0.3 is 0 Å². The van der Waals surface area contributed by atoms with E-state index in [1.807, 2.05) is 7.05 Å². The predicted molar refractivity (Wildman–Crippen MR) is 54.7 cm³/mol. The van der Waals surface area contributed by atoms with Crippen LogP contribution in [0.15, 0.2) is 16.1 Å². The summed E-state index contributed by atoms with van der Waals surface area (Å²) in [7, 11) is 1.92. The van der Waals surface area contributed by atoms with Crippen LogP contribution < -0.4 is 0 Å². The number of rotatable bonds is 0. The Hall–Kier alpha value is -0.590. The van der Waals surface area contributed by atoms with E-state index in [1.54, 1.807) is 0 Å². The highest BCUT2D eigenvalue weighted by Crippen LogP contribution is 2.27. The lowest BCUT2D eigenvalue weighted by Gasteiger charge is -2.24. The van der Waals surface area contributed by atoms with Crippen LogP contribution in [0.3, 0.4) is 0 Å². The molecule has 0 aromatic rings. The van der Waals surface area contributed by atoms with E-state index >= 15 is 0 Å². The van der Waals surface area contributed by atoms with Crippen LogP contribution in [0.5, 0.6) is 0 Å². The third-order valence-corrected chi connectivity index (χ3v) is 2.68. The minimum atomic E-state index is 0.675. The van der Waals surface area contributed by atoms with Crippen LogP contribution in [0.1, 0.15) is 40.0 Å². The summed E-state index contributed by atoms with van der Waals surface area (Å²) in [6.45, 7) is 6.67. The van der Waals surface area contributed by atoms with E-state index in [0.717, 1.165) is 0 Å². The zero-order valence-electron chi connectivity index (χ0n) is 8.65. The maximum Gasteiger partial charge on any atom is 0.0404 e.